The van der Waals surface area contributed by atoms with Gasteiger partial charge in [-0.25, -0.2) is 0 Å². The zero-order chi connectivity index (χ0) is 13.5. The van der Waals surface area contributed by atoms with Crippen molar-refractivity contribution in [1.29, 1.82) is 0 Å². The molecule has 19 heavy (non-hydrogen) atoms. The van der Waals surface area contributed by atoms with Gasteiger partial charge in [-0.3, -0.25) is 4.79 Å². The van der Waals surface area contributed by atoms with E-state index in [1.807, 2.05) is 6.07 Å². The summed E-state index contributed by atoms with van der Waals surface area (Å²) in [6, 6.07) is 4.10. The maximum Gasteiger partial charge on any atom is 0.132 e. The Morgan fingerprint density at radius 2 is 1.68 bits per heavy atom. The zero-order valence-corrected chi connectivity index (χ0v) is 11.6. The molecule has 2 aliphatic rings. The van der Waals surface area contributed by atoms with Crippen molar-refractivity contribution >= 4 is 5.78 Å². The van der Waals surface area contributed by atoms with Crippen molar-refractivity contribution < 1.29 is 14.3 Å². The molecule has 2 aliphatic carbocycles. The molecule has 0 saturated heterocycles. The van der Waals surface area contributed by atoms with E-state index in [0.717, 1.165) is 37.2 Å². The molecule has 0 N–H and O–H groups in total. The lowest BCUT2D eigenvalue weighted by Crippen LogP contribution is -2.30. The minimum atomic E-state index is 0.168. The van der Waals surface area contributed by atoms with E-state index in [1.165, 1.54) is 11.1 Å². The molecule has 1 aromatic rings. The van der Waals surface area contributed by atoms with Gasteiger partial charge in [-0.2, -0.15) is 0 Å². The Morgan fingerprint density at radius 3 is 2.32 bits per heavy atom. The summed E-state index contributed by atoms with van der Waals surface area (Å²) in [5.74, 6) is 2.20. The van der Waals surface area contributed by atoms with Gasteiger partial charge in [0.05, 0.1) is 14.2 Å². The molecule has 0 atom stereocenters. The van der Waals surface area contributed by atoms with Crippen molar-refractivity contribution in [1.82, 2.24) is 0 Å². The van der Waals surface area contributed by atoms with Gasteiger partial charge >= 0.3 is 0 Å². The number of carbonyl (C=O) groups is 1. The number of ketones is 1. The first-order valence-electron chi connectivity index (χ1n) is 6.95. The second-order valence-electron chi connectivity index (χ2n) is 5.68. The van der Waals surface area contributed by atoms with E-state index >= 15 is 0 Å². The summed E-state index contributed by atoms with van der Waals surface area (Å²) in [7, 11) is 3.40. The molecule has 0 aliphatic heterocycles. The Hall–Kier alpha value is -1.51. The number of benzene rings is 1. The third-order valence-corrected chi connectivity index (χ3v) is 4.78. The molecule has 102 valence electrons. The van der Waals surface area contributed by atoms with Gasteiger partial charge in [-0.05, 0) is 37.3 Å². The summed E-state index contributed by atoms with van der Waals surface area (Å²) >= 11 is 0. The van der Waals surface area contributed by atoms with Crippen molar-refractivity contribution in [3.05, 3.63) is 23.3 Å². The molecule has 0 bridgehead atoms. The summed E-state index contributed by atoms with van der Waals surface area (Å²) in [5.41, 5.74) is 2.84. The second-order valence-corrected chi connectivity index (χ2v) is 5.68. The molecule has 0 heterocycles. The Bertz CT molecular complexity index is 509. The standard InChI is InChI=1S/C16H20O3/c1-18-13-9-11-3-6-16(7-4-12(17)5-8-16)15(11)14(10-13)19-2/h9-10H,3-8H2,1-2H3. The highest BCUT2D eigenvalue weighted by molar-refractivity contribution is 5.80. The highest BCUT2D eigenvalue weighted by atomic mass is 16.5. The van der Waals surface area contributed by atoms with Crippen LogP contribution in [0.4, 0.5) is 0 Å². The molecular formula is C16H20O3. The maximum atomic E-state index is 11.5. The minimum Gasteiger partial charge on any atom is -0.497 e. The molecule has 0 aromatic heterocycles. The average Bonchev–Trinajstić information content (AvgIpc) is 2.80. The smallest absolute Gasteiger partial charge is 0.132 e. The monoisotopic (exact) mass is 260 g/mol. The molecular weight excluding hydrogens is 240 g/mol. The lowest BCUT2D eigenvalue weighted by Gasteiger charge is -2.34. The summed E-state index contributed by atoms with van der Waals surface area (Å²) in [5, 5.41) is 0. The van der Waals surface area contributed by atoms with E-state index in [9.17, 15) is 4.79 Å². The van der Waals surface area contributed by atoms with E-state index in [2.05, 4.69) is 6.07 Å². The van der Waals surface area contributed by atoms with Gasteiger partial charge in [0.25, 0.3) is 0 Å². The van der Waals surface area contributed by atoms with Gasteiger partial charge in [-0.1, -0.05) is 0 Å². The fourth-order valence-electron chi connectivity index (χ4n) is 3.73. The molecule has 3 nitrogen and oxygen atoms in total. The molecule has 0 unspecified atom stereocenters. The topological polar surface area (TPSA) is 35.5 Å². The zero-order valence-electron chi connectivity index (χ0n) is 11.6. The fourth-order valence-corrected chi connectivity index (χ4v) is 3.73. The third kappa shape index (κ3) is 1.92. The third-order valence-electron chi connectivity index (χ3n) is 4.78. The first kappa shape index (κ1) is 12.5. The largest absolute Gasteiger partial charge is 0.497 e. The number of carbonyl (C=O) groups excluding carboxylic acids is 1. The highest BCUT2D eigenvalue weighted by Crippen LogP contribution is 2.52. The second kappa shape index (κ2) is 4.55. The van der Waals surface area contributed by atoms with E-state index in [4.69, 9.17) is 9.47 Å². The Morgan fingerprint density at radius 1 is 1.00 bits per heavy atom. The Kier molecular flexibility index (Phi) is 3.00. The van der Waals surface area contributed by atoms with Crippen LogP contribution in [0.3, 0.4) is 0 Å². The van der Waals surface area contributed by atoms with Crippen LogP contribution in [0, 0.1) is 0 Å². The van der Waals surface area contributed by atoms with Gasteiger partial charge in [0.15, 0.2) is 0 Å². The number of hydrogen-bond acceptors (Lipinski definition) is 3. The van der Waals surface area contributed by atoms with Crippen LogP contribution >= 0.6 is 0 Å². The van der Waals surface area contributed by atoms with Gasteiger partial charge in [-0.15, -0.1) is 0 Å². The maximum absolute atomic E-state index is 11.5. The van der Waals surface area contributed by atoms with Crippen LogP contribution < -0.4 is 9.47 Å². The molecule has 3 heteroatoms. The molecule has 0 radical (unpaired) electrons. The van der Waals surface area contributed by atoms with E-state index in [0.29, 0.717) is 18.6 Å². The summed E-state index contributed by atoms with van der Waals surface area (Å²) < 4.78 is 10.9. The predicted octanol–water partition coefficient (Wildman–Crippen LogP) is 3.03. The Labute approximate surface area is 113 Å². The number of aryl methyl sites for hydroxylation is 1. The number of fused-ring (bicyclic) bond motifs is 2. The number of hydrogen-bond donors (Lipinski definition) is 0. The molecule has 3 rings (SSSR count). The molecule has 1 fully saturated rings. The lowest BCUT2D eigenvalue weighted by molar-refractivity contribution is -0.121. The summed E-state index contributed by atoms with van der Waals surface area (Å²) in [6.07, 6.45) is 5.59. The van der Waals surface area contributed by atoms with Crippen molar-refractivity contribution in [2.24, 2.45) is 0 Å². The Balaban J connectivity index is 2.06. The lowest BCUT2D eigenvalue weighted by atomic mass is 9.69. The van der Waals surface area contributed by atoms with Crippen molar-refractivity contribution in [2.45, 2.75) is 43.9 Å². The normalized spacial score (nSPS) is 20.4. The van der Waals surface area contributed by atoms with Crippen LogP contribution in [0.2, 0.25) is 0 Å². The number of rotatable bonds is 2. The van der Waals surface area contributed by atoms with Crippen LogP contribution in [0.5, 0.6) is 11.5 Å². The first-order chi connectivity index (χ1) is 9.18. The number of ether oxygens (including phenoxy) is 2. The number of methoxy groups -OCH3 is 2. The summed E-state index contributed by atoms with van der Waals surface area (Å²) in [4.78, 5) is 11.5. The van der Waals surface area contributed by atoms with Crippen LogP contribution in [0.15, 0.2) is 12.1 Å². The predicted molar refractivity (Wildman–Crippen MR) is 73.0 cm³/mol. The van der Waals surface area contributed by atoms with Gasteiger partial charge in [0.2, 0.25) is 0 Å². The van der Waals surface area contributed by atoms with E-state index < -0.39 is 0 Å². The van der Waals surface area contributed by atoms with Crippen LogP contribution in [-0.2, 0) is 16.6 Å². The SMILES string of the molecule is COc1cc2c(c(OC)c1)C1(CCC(=O)CC1)CC2. The first-order valence-corrected chi connectivity index (χ1v) is 6.95. The summed E-state index contributed by atoms with van der Waals surface area (Å²) in [6.45, 7) is 0. The van der Waals surface area contributed by atoms with Crippen LogP contribution in [0.25, 0.3) is 0 Å². The van der Waals surface area contributed by atoms with Gasteiger partial charge < -0.3 is 9.47 Å². The van der Waals surface area contributed by atoms with E-state index in [1.54, 1.807) is 14.2 Å². The fraction of sp³-hybridized carbons (Fsp3) is 0.562. The quantitative estimate of drug-likeness (QED) is 0.820. The molecule has 1 aromatic carbocycles. The van der Waals surface area contributed by atoms with E-state index in [-0.39, 0.29) is 5.41 Å². The van der Waals surface area contributed by atoms with Crippen LogP contribution in [0.1, 0.15) is 43.2 Å². The van der Waals surface area contributed by atoms with Gasteiger partial charge in [0, 0.05) is 29.9 Å². The molecule has 0 amide bonds. The highest BCUT2D eigenvalue weighted by Gasteiger charge is 2.43. The molecule has 1 spiro atoms. The minimum absolute atomic E-state index is 0.168. The average molecular weight is 260 g/mol. The number of Topliss-reactive ketones (excluding diaryl/α,β-unsaturated/α-hetero) is 1. The van der Waals surface area contributed by atoms with Crippen molar-refractivity contribution in [3.63, 3.8) is 0 Å². The van der Waals surface area contributed by atoms with Gasteiger partial charge in [0.1, 0.15) is 17.3 Å². The van der Waals surface area contributed by atoms with Crippen molar-refractivity contribution in [2.75, 3.05) is 14.2 Å². The van der Waals surface area contributed by atoms with Crippen LogP contribution in [-0.4, -0.2) is 20.0 Å². The molecule has 1 saturated carbocycles. The van der Waals surface area contributed by atoms with Crippen molar-refractivity contribution in [3.8, 4) is 11.5 Å².